The molecule has 0 saturated heterocycles. The highest BCUT2D eigenvalue weighted by Gasteiger charge is 2.18. The first-order chi connectivity index (χ1) is 9.25. The summed E-state index contributed by atoms with van der Waals surface area (Å²) in [6, 6.07) is 14.7. The van der Waals surface area contributed by atoms with Crippen molar-refractivity contribution < 1.29 is 4.92 Å². The van der Waals surface area contributed by atoms with Gasteiger partial charge in [0.15, 0.2) is 0 Å². The summed E-state index contributed by atoms with van der Waals surface area (Å²) in [7, 11) is 0. The third kappa shape index (κ3) is 2.06. The molecule has 2 aromatic carbocycles. The lowest BCUT2D eigenvalue weighted by molar-refractivity contribution is -0.384. The van der Waals surface area contributed by atoms with Gasteiger partial charge in [-0.05, 0) is 18.2 Å². The summed E-state index contributed by atoms with van der Waals surface area (Å²) in [5.74, 6) is 0. The van der Waals surface area contributed by atoms with Crippen molar-refractivity contribution in [3.8, 4) is 0 Å². The summed E-state index contributed by atoms with van der Waals surface area (Å²) in [5.41, 5.74) is 2.81. The van der Waals surface area contributed by atoms with Crippen LogP contribution in [0.2, 0.25) is 0 Å². The SMILES string of the molecule is O=[N+]([O-])c1ccc2c(c1)C=NCN2c1ccccc1. The number of nitro benzene ring substituents is 1. The van der Waals surface area contributed by atoms with E-state index in [0.29, 0.717) is 6.67 Å². The average molecular weight is 253 g/mol. The lowest BCUT2D eigenvalue weighted by atomic mass is 10.1. The van der Waals surface area contributed by atoms with Crippen molar-refractivity contribution in [2.24, 2.45) is 4.99 Å². The van der Waals surface area contributed by atoms with Crippen LogP contribution >= 0.6 is 0 Å². The molecule has 1 aliphatic heterocycles. The Morgan fingerprint density at radius 3 is 2.68 bits per heavy atom. The minimum absolute atomic E-state index is 0.0834. The van der Waals surface area contributed by atoms with Crippen LogP contribution in [0.3, 0.4) is 0 Å². The zero-order valence-corrected chi connectivity index (χ0v) is 10.1. The van der Waals surface area contributed by atoms with Gasteiger partial charge in [0, 0.05) is 29.6 Å². The van der Waals surface area contributed by atoms with Gasteiger partial charge in [0.2, 0.25) is 0 Å². The Hall–Kier alpha value is -2.69. The second kappa shape index (κ2) is 4.53. The van der Waals surface area contributed by atoms with Crippen molar-refractivity contribution in [3.63, 3.8) is 0 Å². The summed E-state index contributed by atoms with van der Waals surface area (Å²) in [6.45, 7) is 0.523. The van der Waals surface area contributed by atoms with Crippen LogP contribution in [0.1, 0.15) is 5.56 Å². The standard InChI is InChI=1S/C14H11N3O2/c18-17(19)13-6-7-14-11(8-13)9-15-10-16(14)12-4-2-1-3-5-12/h1-9H,10H2. The van der Waals surface area contributed by atoms with Gasteiger partial charge in [0.1, 0.15) is 6.67 Å². The van der Waals surface area contributed by atoms with Crippen molar-refractivity contribution in [3.05, 3.63) is 64.2 Å². The fourth-order valence-corrected chi connectivity index (χ4v) is 2.13. The molecule has 0 saturated carbocycles. The molecule has 5 nitrogen and oxygen atoms in total. The maximum atomic E-state index is 10.8. The van der Waals surface area contributed by atoms with E-state index in [0.717, 1.165) is 16.9 Å². The zero-order valence-electron chi connectivity index (χ0n) is 10.1. The Balaban J connectivity index is 2.06. The van der Waals surface area contributed by atoms with Crippen LogP contribution in [0.15, 0.2) is 53.5 Å². The van der Waals surface area contributed by atoms with Crippen molar-refractivity contribution in [1.82, 2.24) is 0 Å². The van der Waals surface area contributed by atoms with E-state index in [9.17, 15) is 10.1 Å². The van der Waals surface area contributed by atoms with Crippen LogP contribution in [-0.4, -0.2) is 17.8 Å². The summed E-state index contributed by atoms with van der Waals surface area (Å²) in [6.07, 6.45) is 1.68. The van der Waals surface area contributed by atoms with E-state index in [1.54, 1.807) is 18.3 Å². The van der Waals surface area contributed by atoms with E-state index in [-0.39, 0.29) is 5.69 Å². The zero-order chi connectivity index (χ0) is 13.2. The Morgan fingerprint density at radius 2 is 1.95 bits per heavy atom. The molecule has 0 unspecified atom stereocenters. The summed E-state index contributed by atoms with van der Waals surface area (Å²) in [4.78, 5) is 16.7. The monoisotopic (exact) mass is 253 g/mol. The van der Waals surface area contributed by atoms with Gasteiger partial charge in [-0.15, -0.1) is 0 Å². The molecule has 0 aliphatic carbocycles. The van der Waals surface area contributed by atoms with Gasteiger partial charge >= 0.3 is 0 Å². The maximum absolute atomic E-state index is 10.8. The number of nitro groups is 1. The molecular weight excluding hydrogens is 242 g/mol. The first-order valence-electron chi connectivity index (χ1n) is 5.86. The van der Waals surface area contributed by atoms with Crippen molar-refractivity contribution in [1.29, 1.82) is 0 Å². The number of hydrogen-bond acceptors (Lipinski definition) is 4. The highest BCUT2D eigenvalue weighted by atomic mass is 16.6. The molecule has 0 amide bonds. The molecule has 5 heteroatoms. The largest absolute Gasteiger partial charge is 0.321 e. The van der Waals surface area contributed by atoms with E-state index in [1.807, 2.05) is 35.2 Å². The minimum atomic E-state index is -0.393. The molecule has 94 valence electrons. The number of non-ortho nitro benzene ring substituents is 1. The van der Waals surface area contributed by atoms with Crippen molar-refractivity contribution in [2.75, 3.05) is 11.6 Å². The molecule has 0 atom stereocenters. The number of fused-ring (bicyclic) bond motifs is 1. The minimum Gasteiger partial charge on any atom is -0.321 e. The van der Waals surface area contributed by atoms with E-state index < -0.39 is 4.92 Å². The molecule has 0 bridgehead atoms. The summed E-state index contributed by atoms with van der Waals surface area (Å²) < 4.78 is 0. The highest BCUT2D eigenvalue weighted by Crippen LogP contribution is 2.32. The molecule has 1 aliphatic rings. The first-order valence-corrected chi connectivity index (χ1v) is 5.86. The number of anilines is 2. The van der Waals surface area contributed by atoms with Gasteiger partial charge in [-0.2, -0.15) is 0 Å². The lowest BCUT2D eigenvalue weighted by Gasteiger charge is -2.27. The number of nitrogens with zero attached hydrogens (tertiary/aromatic N) is 3. The number of para-hydroxylation sites is 1. The number of hydrogen-bond donors (Lipinski definition) is 0. The topological polar surface area (TPSA) is 58.7 Å². The summed E-state index contributed by atoms with van der Waals surface area (Å²) in [5, 5.41) is 10.8. The highest BCUT2D eigenvalue weighted by molar-refractivity contribution is 5.92. The predicted octanol–water partition coefficient (Wildman–Crippen LogP) is 3.12. The van der Waals surface area contributed by atoms with Gasteiger partial charge in [-0.1, -0.05) is 18.2 Å². The molecular formula is C14H11N3O2. The predicted molar refractivity (Wildman–Crippen MR) is 74.1 cm³/mol. The fourth-order valence-electron chi connectivity index (χ4n) is 2.13. The second-order valence-corrected chi connectivity index (χ2v) is 4.22. The van der Waals surface area contributed by atoms with Crippen LogP contribution in [-0.2, 0) is 0 Å². The van der Waals surface area contributed by atoms with Crippen molar-refractivity contribution in [2.45, 2.75) is 0 Å². The van der Waals surface area contributed by atoms with Crippen LogP contribution in [0.4, 0.5) is 17.1 Å². The number of benzene rings is 2. The van der Waals surface area contributed by atoms with E-state index >= 15 is 0 Å². The smallest absolute Gasteiger partial charge is 0.270 e. The molecule has 3 rings (SSSR count). The second-order valence-electron chi connectivity index (χ2n) is 4.22. The molecule has 0 N–H and O–H groups in total. The molecule has 0 aromatic heterocycles. The van der Waals surface area contributed by atoms with Crippen LogP contribution < -0.4 is 4.90 Å². The summed E-state index contributed by atoms with van der Waals surface area (Å²) >= 11 is 0. The van der Waals surface area contributed by atoms with Crippen LogP contribution in [0.5, 0.6) is 0 Å². The maximum Gasteiger partial charge on any atom is 0.270 e. The van der Waals surface area contributed by atoms with Gasteiger partial charge in [0.25, 0.3) is 5.69 Å². The molecule has 0 spiro atoms. The Morgan fingerprint density at radius 1 is 1.16 bits per heavy atom. The van der Waals surface area contributed by atoms with Crippen LogP contribution in [0, 0.1) is 10.1 Å². The Labute approximate surface area is 110 Å². The fraction of sp³-hybridized carbons (Fsp3) is 0.0714. The Bertz CT molecular complexity index is 653. The number of rotatable bonds is 2. The molecule has 0 fully saturated rings. The van der Waals surface area contributed by atoms with E-state index in [1.165, 1.54) is 6.07 Å². The van der Waals surface area contributed by atoms with Crippen molar-refractivity contribution >= 4 is 23.3 Å². The van der Waals surface area contributed by atoms with Gasteiger partial charge in [-0.25, -0.2) is 0 Å². The van der Waals surface area contributed by atoms with Gasteiger partial charge < -0.3 is 4.90 Å². The van der Waals surface area contributed by atoms with Gasteiger partial charge in [0.05, 0.1) is 10.6 Å². The van der Waals surface area contributed by atoms with Gasteiger partial charge in [-0.3, -0.25) is 15.1 Å². The molecule has 0 radical (unpaired) electrons. The normalized spacial score (nSPS) is 13.2. The Kier molecular flexibility index (Phi) is 2.72. The molecule has 19 heavy (non-hydrogen) atoms. The third-order valence-corrected chi connectivity index (χ3v) is 3.03. The lowest BCUT2D eigenvalue weighted by Crippen LogP contribution is -2.21. The third-order valence-electron chi connectivity index (χ3n) is 3.03. The molecule has 2 aromatic rings. The average Bonchev–Trinajstić information content (AvgIpc) is 2.47. The quantitative estimate of drug-likeness (QED) is 0.610. The van der Waals surface area contributed by atoms with E-state index in [2.05, 4.69) is 4.99 Å². The molecule has 1 heterocycles. The first kappa shape index (κ1) is 11.4. The van der Waals surface area contributed by atoms with E-state index in [4.69, 9.17) is 0 Å². The number of aliphatic imine (C=N–C) groups is 1. The van der Waals surface area contributed by atoms with Crippen LogP contribution in [0.25, 0.3) is 0 Å².